The van der Waals surface area contributed by atoms with Crippen LogP contribution in [-0.4, -0.2) is 25.8 Å². The van der Waals surface area contributed by atoms with Gasteiger partial charge in [-0.2, -0.15) is 0 Å². The average Bonchev–Trinajstić information content (AvgIpc) is 2.58. The van der Waals surface area contributed by atoms with E-state index in [9.17, 15) is 4.79 Å². The van der Waals surface area contributed by atoms with Crippen molar-refractivity contribution in [3.63, 3.8) is 0 Å². The number of hydrogen-bond acceptors (Lipinski definition) is 5. The summed E-state index contributed by atoms with van der Waals surface area (Å²) >= 11 is 12.0. The molecule has 0 spiro atoms. The summed E-state index contributed by atoms with van der Waals surface area (Å²) in [6.45, 7) is 0.772. The van der Waals surface area contributed by atoms with Crippen LogP contribution in [0.5, 0.6) is 17.2 Å². The Morgan fingerprint density at radius 1 is 1.12 bits per heavy atom. The summed E-state index contributed by atoms with van der Waals surface area (Å²) in [6, 6.07) is 10.2. The highest BCUT2D eigenvalue weighted by molar-refractivity contribution is 6.32. The van der Waals surface area contributed by atoms with Gasteiger partial charge in [0.2, 0.25) is 0 Å². The van der Waals surface area contributed by atoms with Crippen molar-refractivity contribution in [3.8, 4) is 17.2 Å². The Kier molecular flexibility index (Phi) is 5.33. The number of halogens is 2. The number of rotatable bonds is 5. The van der Waals surface area contributed by atoms with Gasteiger partial charge < -0.3 is 18.9 Å². The van der Waals surface area contributed by atoms with Crippen molar-refractivity contribution in [1.29, 1.82) is 0 Å². The van der Waals surface area contributed by atoms with E-state index < -0.39 is 5.97 Å². The first kappa shape index (κ1) is 16.7. The van der Waals surface area contributed by atoms with E-state index in [0.29, 0.717) is 46.1 Å². The molecule has 0 saturated carbocycles. The molecule has 0 unspecified atom stereocenters. The second kappa shape index (κ2) is 7.64. The Bertz CT molecular complexity index is 748. The molecule has 24 heavy (non-hydrogen) atoms. The standard InChI is InChI=1S/C17H14Cl2O5/c18-12-2-1-3-13(8-12)23-10-16(20)24-9-11-6-14(19)17-15(7-11)21-4-5-22-17/h1-3,6-8H,4-5,9-10H2. The maximum atomic E-state index is 11.8. The molecule has 2 aromatic rings. The van der Waals surface area contributed by atoms with Crippen LogP contribution in [0.25, 0.3) is 0 Å². The Morgan fingerprint density at radius 3 is 2.79 bits per heavy atom. The summed E-state index contributed by atoms with van der Waals surface area (Å²) in [7, 11) is 0. The van der Waals surface area contributed by atoms with Crippen LogP contribution in [-0.2, 0) is 16.1 Å². The largest absolute Gasteiger partial charge is 0.486 e. The van der Waals surface area contributed by atoms with Crippen molar-refractivity contribution in [2.75, 3.05) is 19.8 Å². The number of ether oxygens (including phenoxy) is 4. The molecular formula is C17H14Cl2O5. The molecular weight excluding hydrogens is 355 g/mol. The Balaban J connectivity index is 1.53. The molecule has 1 heterocycles. The van der Waals surface area contributed by atoms with Gasteiger partial charge in [0.15, 0.2) is 18.1 Å². The number of fused-ring (bicyclic) bond motifs is 1. The molecule has 0 aromatic heterocycles. The van der Waals surface area contributed by atoms with Gasteiger partial charge in [0.25, 0.3) is 0 Å². The molecule has 0 amide bonds. The van der Waals surface area contributed by atoms with Gasteiger partial charge in [-0.1, -0.05) is 29.3 Å². The first-order valence-corrected chi connectivity index (χ1v) is 7.99. The van der Waals surface area contributed by atoms with Crippen molar-refractivity contribution in [2.45, 2.75) is 6.61 Å². The van der Waals surface area contributed by atoms with Crippen LogP contribution in [0.4, 0.5) is 0 Å². The van der Waals surface area contributed by atoms with E-state index in [1.165, 1.54) is 0 Å². The first-order valence-electron chi connectivity index (χ1n) is 7.24. The van der Waals surface area contributed by atoms with Crippen LogP contribution in [0, 0.1) is 0 Å². The van der Waals surface area contributed by atoms with Crippen LogP contribution in [0.15, 0.2) is 36.4 Å². The minimum Gasteiger partial charge on any atom is -0.486 e. The lowest BCUT2D eigenvalue weighted by Gasteiger charge is -2.20. The highest BCUT2D eigenvalue weighted by atomic mass is 35.5. The SMILES string of the molecule is O=C(COc1cccc(Cl)c1)OCc1cc(Cl)c2c(c1)OCCO2. The topological polar surface area (TPSA) is 54.0 Å². The van der Waals surface area contributed by atoms with Gasteiger partial charge in [-0.3, -0.25) is 0 Å². The van der Waals surface area contributed by atoms with Crippen LogP contribution < -0.4 is 14.2 Å². The van der Waals surface area contributed by atoms with Crippen molar-refractivity contribution in [3.05, 3.63) is 52.0 Å². The highest BCUT2D eigenvalue weighted by Gasteiger charge is 2.17. The monoisotopic (exact) mass is 368 g/mol. The van der Waals surface area contributed by atoms with E-state index in [4.69, 9.17) is 42.1 Å². The Morgan fingerprint density at radius 2 is 1.96 bits per heavy atom. The van der Waals surface area contributed by atoms with Crippen LogP contribution in [0.1, 0.15) is 5.56 Å². The van der Waals surface area contributed by atoms with Gasteiger partial charge in [0.05, 0.1) is 5.02 Å². The lowest BCUT2D eigenvalue weighted by molar-refractivity contribution is -0.147. The smallest absolute Gasteiger partial charge is 0.344 e. The zero-order chi connectivity index (χ0) is 16.9. The van der Waals surface area contributed by atoms with Gasteiger partial charge >= 0.3 is 5.97 Å². The molecule has 0 radical (unpaired) electrons. The average molecular weight is 369 g/mol. The molecule has 2 aromatic carbocycles. The van der Waals surface area contributed by atoms with Gasteiger partial charge in [0, 0.05) is 5.02 Å². The zero-order valence-electron chi connectivity index (χ0n) is 12.6. The van der Waals surface area contributed by atoms with Crippen LogP contribution in [0.3, 0.4) is 0 Å². The van der Waals surface area contributed by atoms with E-state index in [0.717, 1.165) is 0 Å². The summed E-state index contributed by atoms with van der Waals surface area (Å²) in [5.74, 6) is 1.07. The fourth-order valence-electron chi connectivity index (χ4n) is 2.15. The Hall–Kier alpha value is -2.11. The third-order valence-corrected chi connectivity index (χ3v) is 3.73. The molecule has 126 valence electrons. The third-order valence-electron chi connectivity index (χ3n) is 3.21. The van der Waals surface area contributed by atoms with Crippen molar-refractivity contribution in [1.82, 2.24) is 0 Å². The first-order chi connectivity index (χ1) is 11.6. The number of carbonyl (C=O) groups is 1. The number of esters is 1. The molecule has 1 aliphatic rings. The minimum atomic E-state index is -0.499. The fraction of sp³-hybridized carbons (Fsp3) is 0.235. The lowest BCUT2D eigenvalue weighted by Crippen LogP contribution is -2.17. The maximum Gasteiger partial charge on any atom is 0.344 e. The van der Waals surface area contributed by atoms with Gasteiger partial charge in [-0.25, -0.2) is 4.79 Å². The molecule has 1 aliphatic heterocycles. The summed E-state index contributed by atoms with van der Waals surface area (Å²) in [6.07, 6.45) is 0. The second-order valence-electron chi connectivity index (χ2n) is 5.01. The van der Waals surface area contributed by atoms with Crippen molar-refractivity contribution >= 4 is 29.2 Å². The zero-order valence-corrected chi connectivity index (χ0v) is 14.1. The van der Waals surface area contributed by atoms with Crippen molar-refractivity contribution < 1.29 is 23.7 Å². The predicted octanol–water partition coefficient (Wildman–Crippen LogP) is 3.89. The molecule has 5 nitrogen and oxygen atoms in total. The predicted molar refractivity (Wildman–Crippen MR) is 89.2 cm³/mol. The molecule has 0 N–H and O–H groups in total. The molecule has 0 atom stereocenters. The van der Waals surface area contributed by atoms with Gasteiger partial charge in [0.1, 0.15) is 25.6 Å². The lowest BCUT2D eigenvalue weighted by atomic mass is 10.2. The second-order valence-corrected chi connectivity index (χ2v) is 5.85. The molecule has 0 aliphatic carbocycles. The van der Waals surface area contributed by atoms with Gasteiger partial charge in [-0.05, 0) is 35.9 Å². The molecule has 7 heteroatoms. The van der Waals surface area contributed by atoms with E-state index in [2.05, 4.69) is 0 Å². The molecule has 0 saturated heterocycles. The minimum absolute atomic E-state index is 0.0636. The van der Waals surface area contributed by atoms with E-state index in [-0.39, 0.29) is 13.2 Å². The summed E-state index contributed by atoms with van der Waals surface area (Å²) in [5.41, 5.74) is 0.709. The van der Waals surface area contributed by atoms with Gasteiger partial charge in [-0.15, -0.1) is 0 Å². The van der Waals surface area contributed by atoms with Crippen LogP contribution in [0.2, 0.25) is 10.0 Å². The molecule has 0 bridgehead atoms. The van der Waals surface area contributed by atoms with E-state index >= 15 is 0 Å². The number of carbonyl (C=O) groups excluding carboxylic acids is 1. The summed E-state index contributed by atoms with van der Waals surface area (Å²) < 4.78 is 21.4. The fourth-order valence-corrected chi connectivity index (χ4v) is 2.62. The third kappa shape index (κ3) is 4.24. The van der Waals surface area contributed by atoms with Crippen molar-refractivity contribution in [2.24, 2.45) is 0 Å². The van der Waals surface area contributed by atoms with E-state index in [1.54, 1.807) is 36.4 Å². The number of hydrogen-bond donors (Lipinski definition) is 0. The Labute approximate surface area is 149 Å². The number of benzene rings is 2. The summed E-state index contributed by atoms with van der Waals surface area (Å²) in [4.78, 5) is 11.8. The maximum absolute atomic E-state index is 11.8. The van der Waals surface area contributed by atoms with E-state index in [1.807, 2.05) is 0 Å². The molecule has 0 fully saturated rings. The highest BCUT2D eigenvalue weighted by Crippen LogP contribution is 2.38. The normalized spacial score (nSPS) is 12.6. The molecule has 3 rings (SSSR count). The quantitative estimate of drug-likeness (QED) is 0.749. The van der Waals surface area contributed by atoms with Crippen LogP contribution >= 0.6 is 23.2 Å². The summed E-state index contributed by atoms with van der Waals surface area (Å²) in [5, 5.41) is 0.959.